The number of likely N-dealkylation sites (N-methyl/N-ethyl adjacent to an activating group) is 1. The molecule has 0 saturated carbocycles. The summed E-state index contributed by atoms with van der Waals surface area (Å²) in [5.41, 5.74) is 0.614. The Balaban J connectivity index is 2.03. The fourth-order valence-corrected chi connectivity index (χ4v) is 3.64. The predicted octanol–water partition coefficient (Wildman–Crippen LogP) is 3.27. The maximum Gasteiger partial charge on any atom is 0.409 e. The van der Waals surface area contributed by atoms with E-state index in [1.165, 1.54) is 6.08 Å². The third-order valence-electron chi connectivity index (χ3n) is 5.06. The highest BCUT2D eigenvalue weighted by Gasteiger charge is 2.23. The van der Waals surface area contributed by atoms with Crippen LogP contribution < -0.4 is 16.0 Å². The van der Waals surface area contributed by atoms with Crippen LogP contribution in [-0.2, 0) is 16.1 Å². The number of benzene rings is 1. The molecule has 1 saturated heterocycles. The lowest BCUT2D eigenvalue weighted by atomic mass is 10.1. The normalized spacial score (nSPS) is 18.2. The predicted molar refractivity (Wildman–Crippen MR) is 127 cm³/mol. The molecule has 1 heterocycles. The number of allylic oxidation sites excluding steroid dienone is 3. The van der Waals surface area contributed by atoms with E-state index in [4.69, 9.17) is 11.6 Å². The van der Waals surface area contributed by atoms with E-state index in [1.54, 1.807) is 37.4 Å². The van der Waals surface area contributed by atoms with Crippen molar-refractivity contribution >= 4 is 23.4 Å². The summed E-state index contributed by atoms with van der Waals surface area (Å²) in [6.45, 7) is 2.30. The first kappa shape index (κ1) is 27.6. The number of carbonyl (C=O) groups excluding carboxylic acids is 2. The first-order valence-corrected chi connectivity index (χ1v) is 11.4. The van der Waals surface area contributed by atoms with Gasteiger partial charge < -0.3 is 16.0 Å². The van der Waals surface area contributed by atoms with Crippen molar-refractivity contribution in [1.29, 1.82) is 0 Å². The van der Waals surface area contributed by atoms with Crippen LogP contribution in [0.3, 0.4) is 0 Å². The van der Waals surface area contributed by atoms with Crippen LogP contribution >= 0.6 is 11.6 Å². The minimum atomic E-state index is -4.56. The van der Waals surface area contributed by atoms with Crippen LogP contribution in [0.25, 0.3) is 0 Å². The van der Waals surface area contributed by atoms with Crippen LogP contribution in [0.2, 0.25) is 0 Å². The second kappa shape index (κ2) is 13.9. The fourth-order valence-electron chi connectivity index (χ4n) is 3.46. The van der Waals surface area contributed by atoms with E-state index < -0.39 is 12.1 Å². The Hall–Kier alpha value is -2.62. The molecule has 0 aliphatic carbocycles. The monoisotopic (exact) mass is 498 g/mol. The molecule has 6 nitrogen and oxygen atoms in total. The first-order valence-electron chi connectivity index (χ1n) is 11.0. The molecule has 186 valence electrons. The maximum atomic E-state index is 12.7. The average Bonchev–Trinajstić information content (AvgIpc) is 2.79. The van der Waals surface area contributed by atoms with Gasteiger partial charge in [-0.05, 0) is 44.1 Å². The second-order valence-corrected chi connectivity index (χ2v) is 8.36. The SMILES string of the molecule is CNCC(=O)NC1CCCN(C/C=C(Cl)/C=C(\C=C\C(F)(F)F)C(=O)NCc2ccccc2)C1. The second-order valence-electron chi connectivity index (χ2n) is 7.93. The smallest absolute Gasteiger partial charge is 0.351 e. The van der Waals surface area contributed by atoms with Crippen molar-refractivity contribution in [3.05, 3.63) is 70.8 Å². The van der Waals surface area contributed by atoms with Gasteiger partial charge in [0.2, 0.25) is 5.91 Å². The lowest BCUT2D eigenvalue weighted by Crippen LogP contribution is -2.49. The van der Waals surface area contributed by atoms with Crippen LogP contribution in [0.1, 0.15) is 18.4 Å². The van der Waals surface area contributed by atoms with Crippen molar-refractivity contribution in [3.8, 4) is 0 Å². The van der Waals surface area contributed by atoms with Crippen LogP contribution in [0.5, 0.6) is 0 Å². The minimum absolute atomic E-state index is 0.00811. The molecule has 1 aliphatic rings. The zero-order valence-corrected chi connectivity index (χ0v) is 19.8. The minimum Gasteiger partial charge on any atom is -0.351 e. The molecule has 34 heavy (non-hydrogen) atoms. The van der Waals surface area contributed by atoms with Crippen molar-refractivity contribution in [1.82, 2.24) is 20.9 Å². The number of nitrogens with zero attached hydrogens (tertiary/aromatic N) is 1. The van der Waals surface area contributed by atoms with E-state index in [0.717, 1.165) is 24.9 Å². The van der Waals surface area contributed by atoms with Crippen molar-refractivity contribution in [2.45, 2.75) is 31.6 Å². The van der Waals surface area contributed by atoms with Crippen molar-refractivity contribution < 1.29 is 22.8 Å². The van der Waals surface area contributed by atoms with Gasteiger partial charge in [-0.2, -0.15) is 13.2 Å². The van der Waals surface area contributed by atoms with Crippen LogP contribution in [0.4, 0.5) is 13.2 Å². The summed E-state index contributed by atoms with van der Waals surface area (Å²) in [5.74, 6) is -0.741. The Morgan fingerprint density at radius 1 is 1.24 bits per heavy atom. The standard InChI is InChI=1S/C24H30ClF3N4O2/c1-29-16-22(33)31-21-8-5-12-32(17-21)13-10-20(25)14-19(9-11-24(26,27)28)23(34)30-15-18-6-3-2-4-7-18/h2-4,6-7,9-11,14,21,29H,5,8,12-13,15-17H2,1H3,(H,30,34)(H,31,33)/b11-9+,19-14+,20-10-. The summed E-state index contributed by atoms with van der Waals surface area (Å²) >= 11 is 6.25. The number of halogens is 4. The van der Waals surface area contributed by atoms with Gasteiger partial charge in [-0.25, -0.2) is 0 Å². The van der Waals surface area contributed by atoms with Crippen molar-refractivity contribution in [3.63, 3.8) is 0 Å². The lowest BCUT2D eigenvalue weighted by Gasteiger charge is -2.32. The van der Waals surface area contributed by atoms with E-state index >= 15 is 0 Å². The van der Waals surface area contributed by atoms with E-state index in [1.807, 2.05) is 6.07 Å². The molecule has 1 aromatic carbocycles. The first-order chi connectivity index (χ1) is 16.2. The molecule has 1 fully saturated rings. The van der Waals surface area contributed by atoms with E-state index in [9.17, 15) is 22.8 Å². The molecule has 10 heteroatoms. The number of carbonyl (C=O) groups is 2. The molecule has 1 aliphatic heterocycles. The quantitative estimate of drug-likeness (QED) is 0.342. The number of piperidine rings is 1. The van der Waals surface area contributed by atoms with Gasteiger partial charge in [-0.1, -0.05) is 48.0 Å². The van der Waals surface area contributed by atoms with Gasteiger partial charge in [-0.15, -0.1) is 0 Å². The molecule has 0 aromatic heterocycles. The number of rotatable bonds is 10. The Labute approximate surface area is 202 Å². The number of likely N-dealkylation sites (tertiary alicyclic amines) is 1. The number of nitrogens with one attached hydrogen (secondary N) is 3. The zero-order valence-electron chi connectivity index (χ0n) is 19.0. The number of alkyl halides is 3. The summed E-state index contributed by atoms with van der Waals surface area (Å²) in [6.07, 6.45) is 0.796. The van der Waals surface area contributed by atoms with Gasteiger partial charge in [0.05, 0.1) is 6.54 Å². The van der Waals surface area contributed by atoms with E-state index in [0.29, 0.717) is 19.2 Å². The van der Waals surface area contributed by atoms with Gasteiger partial charge >= 0.3 is 6.18 Å². The third-order valence-corrected chi connectivity index (χ3v) is 5.32. The highest BCUT2D eigenvalue weighted by atomic mass is 35.5. The Morgan fingerprint density at radius 2 is 1.97 bits per heavy atom. The summed E-state index contributed by atoms with van der Waals surface area (Å²) in [7, 11) is 1.70. The number of amides is 2. The summed E-state index contributed by atoms with van der Waals surface area (Å²) in [6, 6.07) is 9.06. The Bertz CT molecular complexity index is 901. The van der Waals surface area contributed by atoms with Crippen molar-refractivity contribution in [2.75, 3.05) is 33.2 Å². The Morgan fingerprint density at radius 3 is 2.65 bits per heavy atom. The fraction of sp³-hybridized carbons (Fsp3) is 0.417. The van der Waals surface area contributed by atoms with Gasteiger partial charge in [0.1, 0.15) is 0 Å². The van der Waals surface area contributed by atoms with Gasteiger partial charge in [-0.3, -0.25) is 14.5 Å². The van der Waals surface area contributed by atoms with Crippen LogP contribution in [-0.4, -0.2) is 62.2 Å². The zero-order chi connectivity index (χ0) is 25.0. The molecule has 0 spiro atoms. The van der Waals surface area contributed by atoms with Crippen molar-refractivity contribution in [2.24, 2.45) is 0 Å². The average molecular weight is 499 g/mol. The summed E-state index contributed by atoms with van der Waals surface area (Å²) in [5, 5.41) is 8.54. The number of hydrogen-bond acceptors (Lipinski definition) is 4. The molecule has 2 amide bonds. The number of hydrogen-bond donors (Lipinski definition) is 3. The molecule has 1 aromatic rings. The molecular weight excluding hydrogens is 469 g/mol. The topological polar surface area (TPSA) is 73.5 Å². The molecule has 0 radical (unpaired) electrons. The van der Waals surface area contributed by atoms with Gasteiger partial charge in [0.15, 0.2) is 0 Å². The van der Waals surface area contributed by atoms with Crippen LogP contribution in [0.15, 0.2) is 65.2 Å². The lowest BCUT2D eigenvalue weighted by molar-refractivity contribution is -0.121. The molecule has 0 bridgehead atoms. The molecule has 1 unspecified atom stereocenters. The highest BCUT2D eigenvalue weighted by Crippen LogP contribution is 2.19. The third kappa shape index (κ3) is 11.0. The van der Waals surface area contributed by atoms with E-state index in [-0.39, 0.29) is 41.7 Å². The van der Waals surface area contributed by atoms with Crippen LogP contribution in [0, 0.1) is 0 Å². The van der Waals surface area contributed by atoms with Gasteiger partial charge in [0.25, 0.3) is 5.91 Å². The summed E-state index contributed by atoms with van der Waals surface area (Å²) in [4.78, 5) is 26.4. The highest BCUT2D eigenvalue weighted by molar-refractivity contribution is 6.31. The molecule has 2 rings (SSSR count). The summed E-state index contributed by atoms with van der Waals surface area (Å²) < 4.78 is 38.1. The molecule has 3 N–H and O–H groups in total. The Kier molecular flexibility index (Phi) is 11.3. The maximum absolute atomic E-state index is 12.7. The van der Waals surface area contributed by atoms with E-state index in [2.05, 4.69) is 20.9 Å². The van der Waals surface area contributed by atoms with Gasteiger partial charge in [0, 0.05) is 42.4 Å². The molecule has 1 atom stereocenters. The largest absolute Gasteiger partial charge is 0.409 e. The molecular formula is C24H30ClF3N4O2.